The van der Waals surface area contributed by atoms with Crippen LogP contribution in [0.3, 0.4) is 0 Å². The predicted octanol–water partition coefficient (Wildman–Crippen LogP) is 4.98. The summed E-state index contributed by atoms with van der Waals surface area (Å²) in [5.41, 5.74) is -0.224. The van der Waals surface area contributed by atoms with Gasteiger partial charge in [0.15, 0.2) is 0 Å². The van der Waals surface area contributed by atoms with Gasteiger partial charge in [-0.05, 0) is 63.5 Å². The third-order valence-corrected chi connectivity index (χ3v) is 6.15. The minimum absolute atomic E-state index is 0.127. The quantitative estimate of drug-likeness (QED) is 0.215. The number of ether oxygens (including phenoxy) is 1. The maximum atomic E-state index is 12.9. The van der Waals surface area contributed by atoms with Crippen molar-refractivity contribution in [1.29, 1.82) is 0 Å². The molecule has 35 heavy (non-hydrogen) atoms. The van der Waals surface area contributed by atoms with E-state index in [1.807, 2.05) is 12.2 Å². The topological polar surface area (TPSA) is 87.0 Å². The molecule has 0 aromatic heterocycles. The number of esters is 1. The Balaban J connectivity index is 1.82. The number of benzene rings is 1. The smallest absolute Gasteiger partial charge is 0.416 e. The fraction of sp³-hybridized carbons (Fsp3) is 0.593. The monoisotopic (exact) mass is 498 g/mol. The van der Waals surface area contributed by atoms with Crippen molar-refractivity contribution in [2.75, 3.05) is 0 Å². The van der Waals surface area contributed by atoms with Gasteiger partial charge in [-0.3, -0.25) is 4.79 Å². The molecule has 8 heteroatoms. The molecule has 2 rings (SSSR count). The Morgan fingerprint density at radius 2 is 1.94 bits per heavy atom. The average Bonchev–Trinajstić information content (AvgIpc) is 3.04. The number of aliphatic hydroxyl groups is 3. The van der Waals surface area contributed by atoms with E-state index >= 15 is 0 Å². The van der Waals surface area contributed by atoms with Crippen molar-refractivity contribution in [2.24, 2.45) is 11.8 Å². The molecule has 1 aliphatic carbocycles. The van der Waals surface area contributed by atoms with Crippen LogP contribution in [0, 0.1) is 11.8 Å². The molecule has 196 valence electrons. The lowest BCUT2D eigenvalue weighted by Crippen LogP contribution is -2.20. The normalized spacial score (nSPS) is 24.0. The molecule has 5 atom stereocenters. The zero-order chi connectivity index (χ0) is 26.0. The molecule has 0 spiro atoms. The van der Waals surface area contributed by atoms with Gasteiger partial charge in [-0.25, -0.2) is 0 Å². The molecular formula is C27H37F3O5. The summed E-state index contributed by atoms with van der Waals surface area (Å²) >= 11 is 0. The number of halogens is 3. The SMILES string of the molecule is CC(C)OC(=O)CCCC=CCC1C(O)CC(O)C1C=CC(O)CCc1cccc(C(F)(F)F)c1. The van der Waals surface area contributed by atoms with E-state index in [1.54, 1.807) is 32.1 Å². The molecular weight excluding hydrogens is 461 g/mol. The van der Waals surface area contributed by atoms with Crippen molar-refractivity contribution in [3.8, 4) is 0 Å². The van der Waals surface area contributed by atoms with Crippen LogP contribution in [0.15, 0.2) is 48.6 Å². The summed E-state index contributed by atoms with van der Waals surface area (Å²) in [5, 5.41) is 31.0. The first-order valence-electron chi connectivity index (χ1n) is 12.2. The largest absolute Gasteiger partial charge is 0.463 e. The van der Waals surface area contributed by atoms with Gasteiger partial charge < -0.3 is 20.1 Å². The van der Waals surface area contributed by atoms with E-state index < -0.39 is 30.1 Å². The summed E-state index contributed by atoms with van der Waals surface area (Å²) in [6.07, 6.45) is 3.35. The summed E-state index contributed by atoms with van der Waals surface area (Å²) in [6, 6.07) is 5.05. The van der Waals surface area contributed by atoms with Gasteiger partial charge in [0.25, 0.3) is 0 Å². The minimum atomic E-state index is -4.41. The molecule has 0 heterocycles. The van der Waals surface area contributed by atoms with Crippen molar-refractivity contribution in [3.05, 3.63) is 59.7 Å². The number of allylic oxidation sites excluding steroid dienone is 2. The highest BCUT2D eigenvalue weighted by Gasteiger charge is 2.39. The molecule has 1 saturated carbocycles. The first-order valence-corrected chi connectivity index (χ1v) is 12.2. The second-order valence-corrected chi connectivity index (χ2v) is 9.44. The van der Waals surface area contributed by atoms with E-state index in [2.05, 4.69) is 0 Å². The number of alkyl halides is 3. The molecule has 0 aliphatic heterocycles. The van der Waals surface area contributed by atoms with Gasteiger partial charge in [-0.15, -0.1) is 0 Å². The number of aryl methyl sites for hydroxylation is 1. The Morgan fingerprint density at radius 1 is 1.20 bits per heavy atom. The summed E-state index contributed by atoms with van der Waals surface area (Å²) < 4.78 is 43.7. The molecule has 0 bridgehead atoms. The van der Waals surface area contributed by atoms with Gasteiger partial charge in [-0.1, -0.05) is 42.5 Å². The first kappa shape index (κ1) is 29.1. The second kappa shape index (κ2) is 13.8. The van der Waals surface area contributed by atoms with E-state index in [4.69, 9.17) is 4.74 Å². The molecule has 1 aliphatic rings. The minimum Gasteiger partial charge on any atom is -0.463 e. The van der Waals surface area contributed by atoms with Crippen LogP contribution in [0.4, 0.5) is 13.2 Å². The maximum absolute atomic E-state index is 12.9. The van der Waals surface area contributed by atoms with E-state index in [0.717, 1.165) is 12.1 Å². The lowest BCUT2D eigenvalue weighted by molar-refractivity contribution is -0.147. The molecule has 0 saturated heterocycles. The van der Waals surface area contributed by atoms with E-state index in [0.29, 0.717) is 31.2 Å². The molecule has 5 nitrogen and oxygen atoms in total. The molecule has 1 aromatic carbocycles. The Hall–Kier alpha value is -2.16. The number of aliphatic hydroxyl groups excluding tert-OH is 3. The van der Waals surface area contributed by atoms with Gasteiger partial charge >= 0.3 is 12.1 Å². The van der Waals surface area contributed by atoms with Crippen LogP contribution in [0.2, 0.25) is 0 Å². The van der Waals surface area contributed by atoms with Crippen LogP contribution in [0.1, 0.15) is 63.5 Å². The second-order valence-electron chi connectivity index (χ2n) is 9.44. The highest BCUT2D eigenvalue weighted by atomic mass is 19.4. The van der Waals surface area contributed by atoms with Crippen LogP contribution in [-0.2, 0) is 22.1 Å². The number of rotatable bonds is 12. The number of hydrogen-bond acceptors (Lipinski definition) is 5. The summed E-state index contributed by atoms with van der Waals surface area (Å²) in [6.45, 7) is 3.61. The molecule has 1 aromatic rings. The van der Waals surface area contributed by atoms with Gasteiger partial charge in [0.2, 0.25) is 0 Å². The number of unbranched alkanes of at least 4 members (excludes halogenated alkanes) is 1. The Labute approximate surface area is 205 Å². The van der Waals surface area contributed by atoms with Gasteiger partial charge in [-0.2, -0.15) is 13.2 Å². The van der Waals surface area contributed by atoms with Crippen molar-refractivity contribution in [3.63, 3.8) is 0 Å². The van der Waals surface area contributed by atoms with Crippen molar-refractivity contribution in [1.82, 2.24) is 0 Å². The Bertz CT molecular complexity index is 849. The third kappa shape index (κ3) is 10.2. The summed E-state index contributed by atoms with van der Waals surface area (Å²) in [5.74, 6) is -0.766. The lowest BCUT2D eigenvalue weighted by Gasteiger charge is -2.19. The Morgan fingerprint density at radius 3 is 2.63 bits per heavy atom. The summed E-state index contributed by atoms with van der Waals surface area (Å²) in [4.78, 5) is 11.5. The number of hydrogen-bond donors (Lipinski definition) is 3. The van der Waals surface area contributed by atoms with Gasteiger partial charge in [0, 0.05) is 18.8 Å². The Kier molecular flexibility index (Phi) is 11.5. The molecule has 5 unspecified atom stereocenters. The fourth-order valence-corrected chi connectivity index (χ4v) is 4.33. The summed E-state index contributed by atoms with van der Waals surface area (Å²) in [7, 11) is 0. The maximum Gasteiger partial charge on any atom is 0.416 e. The number of carbonyl (C=O) groups excluding carboxylic acids is 1. The van der Waals surface area contributed by atoms with Gasteiger partial charge in [0.05, 0.1) is 30.0 Å². The average molecular weight is 499 g/mol. The predicted molar refractivity (Wildman–Crippen MR) is 127 cm³/mol. The van der Waals surface area contributed by atoms with E-state index in [9.17, 15) is 33.3 Å². The fourth-order valence-electron chi connectivity index (χ4n) is 4.33. The van der Waals surface area contributed by atoms with Crippen LogP contribution in [0.5, 0.6) is 0 Å². The van der Waals surface area contributed by atoms with E-state index in [-0.39, 0.29) is 43.2 Å². The van der Waals surface area contributed by atoms with Crippen molar-refractivity contribution in [2.45, 2.75) is 89.4 Å². The molecule has 0 radical (unpaired) electrons. The molecule has 1 fully saturated rings. The van der Waals surface area contributed by atoms with Crippen LogP contribution < -0.4 is 0 Å². The first-order chi connectivity index (χ1) is 16.5. The highest BCUT2D eigenvalue weighted by Crippen LogP contribution is 2.36. The zero-order valence-corrected chi connectivity index (χ0v) is 20.3. The molecule has 0 amide bonds. The number of carbonyl (C=O) groups is 1. The zero-order valence-electron chi connectivity index (χ0n) is 20.3. The van der Waals surface area contributed by atoms with Gasteiger partial charge in [0.1, 0.15) is 0 Å². The standard InChI is InChI=1S/C27H37F3O5/c1-18(2)35-26(34)11-6-4-3-5-10-22-23(25(33)17-24(22)32)15-14-21(31)13-12-19-8-7-9-20(16-19)27(28,29)30/h3,5,7-9,14-16,18,21-25,31-33H,4,6,10-13,17H2,1-2H3. The van der Waals surface area contributed by atoms with Crippen molar-refractivity contribution >= 4 is 5.97 Å². The molecule has 3 N–H and O–H groups in total. The highest BCUT2D eigenvalue weighted by molar-refractivity contribution is 5.69. The van der Waals surface area contributed by atoms with Crippen LogP contribution >= 0.6 is 0 Å². The van der Waals surface area contributed by atoms with Crippen molar-refractivity contribution < 1.29 is 38.0 Å². The third-order valence-electron chi connectivity index (χ3n) is 6.15. The lowest BCUT2D eigenvalue weighted by atomic mass is 9.89. The van der Waals surface area contributed by atoms with Crippen LogP contribution in [-0.4, -0.2) is 45.7 Å². The van der Waals surface area contributed by atoms with E-state index in [1.165, 1.54) is 6.07 Å². The van der Waals surface area contributed by atoms with Crippen LogP contribution in [0.25, 0.3) is 0 Å².